The number of nitrogen functional groups attached to an aromatic ring is 1. The van der Waals surface area contributed by atoms with Crippen LogP contribution >= 0.6 is 0 Å². The summed E-state index contributed by atoms with van der Waals surface area (Å²) in [7, 11) is 0. The molecule has 0 saturated heterocycles. The lowest BCUT2D eigenvalue weighted by Gasteiger charge is -1.96. The predicted molar refractivity (Wildman–Crippen MR) is 42.4 cm³/mol. The lowest BCUT2D eigenvalue weighted by molar-refractivity contribution is -0.144. The third-order valence-corrected chi connectivity index (χ3v) is 1.65. The maximum Gasteiger partial charge on any atom is 0.453 e. The zero-order valence-electron chi connectivity index (χ0n) is 6.78. The molecule has 0 saturated carbocycles. The molecule has 0 aliphatic rings. The van der Waals surface area contributed by atoms with Gasteiger partial charge in [-0.2, -0.15) is 13.2 Å². The Morgan fingerprint density at radius 1 is 1.36 bits per heavy atom. The Kier molecular flexibility index (Phi) is 1.63. The van der Waals surface area contributed by atoms with Gasteiger partial charge in [0, 0.05) is 6.20 Å². The maximum atomic E-state index is 12.2. The third-order valence-electron chi connectivity index (χ3n) is 1.65. The molecule has 74 valence electrons. The second kappa shape index (κ2) is 2.60. The lowest BCUT2D eigenvalue weighted by atomic mass is 10.4. The summed E-state index contributed by atoms with van der Waals surface area (Å²) in [4.78, 5) is 3.29. The van der Waals surface area contributed by atoms with Crippen molar-refractivity contribution in [1.29, 1.82) is 0 Å². The van der Waals surface area contributed by atoms with Gasteiger partial charge in [-0.05, 0) is 12.1 Å². The number of aromatic nitrogens is 3. The van der Waals surface area contributed by atoms with Crippen LogP contribution in [0.2, 0.25) is 0 Å². The van der Waals surface area contributed by atoms with Gasteiger partial charge in [0.2, 0.25) is 0 Å². The number of alkyl halides is 3. The van der Waals surface area contributed by atoms with E-state index in [1.165, 1.54) is 18.3 Å². The highest BCUT2D eigenvalue weighted by molar-refractivity contribution is 5.63. The molecule has 0 unspecified atom stereocenters. The zero-order valence-corrected chi connectivity index (χ0v) is 6.78. The number of rotatable bonds is 0. The largest absolute Gasteiger partial charge is 0.453 e. The molecular formula is C7H5F3N4. The topological polar surface area (TPSA) is 56.2 Å². The summed E-state index contributed by atoms with van der Waals surface area (Å²) in [6.45, 7) is 0. The van der Waals surface area contributed by atoms with E-state index >= 15 is 0 Å². The minimum absolute atomic E-state index is 0.0137. The van der Waals surface area contributed by atoms with Gasteiger partial charge < -0.3 is 5.73 Å². The van der Waals surface area contributed by atoms with Crippen LogP contribution in [-0.2, 0) is 6.18 Å². The van der Waals surface area contributed by atoms with E-state index in [0.717, 1.165) is 4.52 Å². The molecule has 2 aromatic heterocycles. The number of hydrogen-bond donors (Lipinski definition) is 1. The van der Waals surface area contributed by atoms with Crippen molar-refractivity contribution in [2.45, 2.75) is 6.18 Å². The van der Waals surface area contributed by atoms with Crippen molar-refractivity contribution in [2.75, 3.05) is 5.73 Å². The van der Waals surface area contributed by atoms with Gasteiger partial charge in [-0.1, -0.05) is 0 Å². The van der Waals surface area contributed by atoms with Crippen LogP contribution in [0.5, 0.6) is 0 Å². The Balaban J connectivity index is 2.69. The molecular weight excluding hydrogens is 197 g/mol. The molecule has 0 spiro atoms. The Morgan fingerprint density at radius 2 is 2.07 bits per heavy atom. The van der Waals surface area contributed by atoms with Crippen molar-refractivity contribution >= 4 is 11.3 Å². The van der Waals surface area contributed by atoms with E-state index in [-0.39, 0.29) is 11.3 Å². The van der Waals surface area contributed by atoms with Crippen molar-refractivity contribution in [3.8, 4) is 0 Å². The van der Waals surface area contributed by atoms with Crippen molar-refractivity contribution in [1.82, 2.24) is 14.6 Å². The summed E-state index contributed by atoms with van der Waals surface area (Å²) in [6, 6.07) is 2.96. The maximum absolute atomic E-state index is 12.2. The van der Waals surface area contributed by atoms with Crippen molar-refractivity contribution in [3.05, 3.63) is 24.2 Å². The molecule has 2 N–H and O–H groups in total. The first-order valence-corrected chi connectivity index (χ1v) is 3.66. The number of pyridine rings is 1. The average molecular weight is 202 g/mol. The fourth-order valence-corrected chi connectivity index (χ4v) is 1.05. The molecule has 0 aliphatic carbocycles. The van der Waals surface area contributed by atoms with Gasteiger partial charge >= 0.3 is 6.18 Å². The molecule has 0 atom stereocenters. The molecule has 2 heterocycles. The van der Waals surface area contributed by atoms with Crippen LogP contribution in [-0.4, -0.2) is 14.6 Å². The summed E-state index contributed by atoms with van der Waals surface area (Å²) in [6.07, 6.45) is -3.19. The van der Waals surface area contributed by atoms with Gasteiger partial charge in [0.1, 0.15) is 0 Å². The zero-order chi connectivity index (χ0) is 10.3. The summed E-state index contributed by atoms with van der Waals surface area (Å²) in [5, 5.41) is 3.25. The number of fused-ring (bicyclic) bond motifs is 1. The van der Waals surface area contributed by atoms with E-state index < -0.39 is 12.0 Å². The monoisotopic (exact) mass is 202 g/mol. The molecule has 0 fully saturated rings. The molecule has 0 aromatic carbocycles. The molecule has 0 bridgehead atoms. The van der Waals surface area contributed by atoms with E-state index in [1.54, 1.807) is 0 Å². The fraction of sp³-hybridized carbons (Fsp3) is 0.143. The highest BCUT2D eigenvalue weighted by Crippen LogP contribution is 2.27. The van der Waals surface area contributed by atoms with Crippen LogP contribution in [0, 0.1) is 0 Å². The normalized spacial score (nSPS) is 12.2. The van der Waals surface area contributed by atoms with Crippen molar-refractivity contribution in [3.63, 3.8) is 0 Å². The van der Waals surface area contributed by atoms with E-state index in [4.69, 9.17) is 5.73 Å². The second-order valence-electron chi connectivity index (χ2n) is 2.66. The molecule has 7 heteroatoms. The molecule has 14 heavy (non-hydrogen) atoms. The number of hydrogen-bond acceptors (Lipinski definition) is 3. The molecule has 2 aromatic rings. The SMILES string of the molecule is Nc1cccn2nc(C(F)(F)F)nc12. The van der Waals surface area contributed by atoms with E-state index in [1.807, 2.05) is 0 Å². The number of nitrogens with zero attached hydrogens (tertiary/aromatic N) is 3. The van der Waals surface area contributed by atoms with Crippen LogP contribution in [0.4, 0.5) is 18.9 Å². The van der Waals surface area contributed by atoms with E-state index in [9.17, 15) is 13.2 Å². The number of anilines is 1. The highest BCUT2D eigenvalue weighted by Gasteiger charge is 2.36. The first kappa shape index (κ1) is 8.79. The fourth-order valence-electron chi connectivity index (χ4n) is 1.05. The molecule has 0 radical (unpaired) electrons. The highest BCUT2D eigenvalue weighted by atomic mass is 19.4. The Hall–Kier alpha value is -1.79. The minimum atomic E-state index is -4.54. The molecule has 2 rings (SSSR count). The lowest BCUT2D eigenvalue weighted by Crippen LogP contribution is -2.07. The van der Waals surface area contributed by atoms with Gasteiger partial charge in [-0.15, -0.1) is 5.10 Å². The Morgan fingerprint density at radius 3 is 2.64 bits per heavy atom. The van der Waals surface area contributed by atoms with Crippen LogP contribution in [0.3, 0.4) is 0 Å². The Labute approximate surface area is 76.2 Å². The Bertz CT molecular complexity index is 473. The predicted octanol–water partition coefficient (Wildman–Crippen LogP) is 1.33. The number of halogens is 3. The van der Waals surface area contributed by atoms with Crippen LogP contribution in [0.25, 0.3) is 5.65 Å². The van der Waals surface area contributed by atoms with Gasteiger partial charge in [0.05, 0.1) is 5.69 Å². The molecule has 4 nitrogen and oxygen atoms in total. The second-order valence-corrected chi connectivity index (χ2v) is 2.66. The smallest absolute Gasteiger partial charge is 0.396 e. The van der Waals surface area contributed by atoms with Crippen molar-refractivity contribution < 1.29 is 13.2 Å². The third kappa shape index (κ3) is 1.26. The summed E-state index contributed by atoms with van der Waals surface area (Å²) in [5.74, 6) is -1.18. The van der Waals surface area contributed by atoms with Gasteiger partial charge in [-0.25, -0.2) is 9.50 Å². The molecule has 0 amide bonds. The van der Waals surface area contributed by atoms with Crippen molar-refractivity contribution in [2.24, 2.45) is 0 Å². The quantitative estimate of drug-likeness (QED) is 0.701. The standard InChI is InChI=1S/C7H5F3N4/c8-7(9,10)6-12-5-4(11)2-1-3-14(5)13-6/h1-3H,11H2. The van der Waals surface area contributed by atoms with E-state index in [2.05, 4.69) is 10.1 Å². The number of nitrogens with two attached hydrogens (primary N) is 1. The molecule has 0 aliphatic heterocycles. The summed E-state index contributed by atoms with van der Waals surface area (Å²) < 4.78 is 37.5. The van der Waals surface area contributed by atoms with Gasteiger partial charge in [0.15, 0.2) is 5.65 Å². The minimum Gasteiger partial charge on any atom is -0.396 e. The van der Waals surface area contributed by atoms with Crippen LogP contribution < -0.4 is 5.73 Å². The first-order valence-electron chi connectivity index (χ1n) is 3.66. The summed E-state index contributed by atoms with van der Waals surface area (Å²) in [5.41, 5.74) is 5.60. The first-order chi connectivity index (χ1) is 6.48. The van der Waals surface area contributed by atoms with Gasteiger partial charge in [0.25, 0.3) is 5.82 Å². The average Bonchev–Trinajstić information content (AvgIpc) is 2.48. The van der Waals surface area contributed by atoms with Crippen LogP contribution in [0.15, 0.2) is 18.3 Å². The summed E-state index contributed by atoms with van der Waals surface area (Å²) >= 11 is 0. The van der Waals surface area contributed by atoms with E-state index in [0.29, 0.717) is 0 Å². The van der Waals surface area contributed by atoms with Crippen LogP contribution in [0.1, 0.15) is 5.82 Å². The van der Waals surface area contributed by atoms with Gasteiger partial charge in [-0.3, -0.25) is 0 Å².